The van der Waals surface area contributed by atoms with Gasteiger partial charge in [-0.3, -0.25) is 4.79 Å². The van der Waals surface area contributed by atoms with E-state index in [1.165, 1.54) is 0 Å². The number of amides is 1. The molecule has 1 aromatic carbocycles. The number of carbonyl (C=O) groups is 1. The van der Waals surface area contributed by atoms with Crippen molar-refractivity contribution in [2.24, 2.45) is 11.7 Å². The van der Waals surface area contributed by atoms with Crippen LogP contribution in [-0.2, 0) is 4.79 Å². The van der Waals surface area contributed by atoms with Crippen molar-refractivity contribution in [2.75, 3.05) is 12.4 Å². The Balaban J connectivity index is 2.02. The number of hydrogen-bond donors (Lipinski definition) is 2. The average Bonchev–Trinajstić information content (AvgIpc) is 2.41. The lowest BCUT2D eigenvalue weighted by molar-refractivity contribution is -0.120. The van der Waals surface area contributed by atoms with Gasteiger partial charge in [-0.15, -0.1) is 0 Å². The molecule has 4 heteroatoms. The standard InChI is InChI=1S/C15H22N2O2/c1-10-8-13(19-2)6-7-14(10)17-15(18)11-4-3-5-12(16)9-11/h6-8,11-12H,3-5,9,16H2,1-2H3,(H,17,18). The number of nitrogens with two attached hydrogens (primary N) is 1. The summed E-state index contributed by atoms with van der Waals surface area (Å²) in [5, 5.41) is 3.00. The van der Waals surface area contributed by atoms with Gasteiger partial charge in [0.25, 0.3) is 0 Å². The molecular weight excluding hydrogens is 240 g/mol. The molecule has 0 aliphatic heterocycles. The number of hydrogen-bond acceptors (Lipinski definition) is 3. The lowest BCUT2D eigenvalue weighted by atomic mass is 9.85. The number of carbonyl (C=O) groups excluding carboxylic acids is 1. The van der Waals surface area contributed by atoms with Crippen LogP contribution in [0.1, 0.15) is 31.2 Å². The third kappa shape index (κ3) is 3.47. The van der Waals surface area contributed by atoms with Crippen LogP contribution in [0.2, 0.25) is 0 Å². The maximum Gasteiger partial charge on any atom is 0.227 e. The van der Waals surface area contributed by atoms with Gasteiger partial charge < -0.3 is 15.8 Å². The molecule has 1 fully saturated rings. The van der Waals surface area contributed by atoms with Crippen LogP contribution in [0.4, 0.5) is 5.69 Å². The summed E-state index contributed by atoms with van der Waals surface area (Å²) in [4.78, 5) is 12.2. The Morgan fingerprint density at radius 3 is 2.84 bits per heavy atom. The Bertz CT molecular complexity index is 459. The van der Waals surface area contributed by atoms with Crippen LogP contribution in [0.15, 0.2) is 18.2 Å². The van der Waals surface area contributed by atoms with E-state index in [1.54, 1.807) is 7.11 Å². The number of benzene rings is 1. The third-order valence-corrected chi connectivity index (χ3v) is 3.78. The van der Waals surface area contributed by atoms with Gasteiger partial charge in [0.2, 0.25) is 5.91 Å². The molecule has 2 rings (SSSR count). The zero-order valence-corrected chi connectivity index (χ0v) is 11.6. The number of aryl methyl sites for hydroxylation is 1. The van der Waals surface area contributed by atoms with E-state index in [1.807, 2.05) is 25.1 Å². The fourth-order valence-electron chi connectivity index (χ4n) is 2.60. The Hall–Kier alpha value is -1.55. The molecule has 1 aromatic rings. The van der Waals surface area contributed by atoms with Gasteiger partial charge in [0.15, 0.2) is 0 Å². The molecule has 4 nitrogen and oxygen atoms in total. The lowest BCUT2D eigenvalue weighted by Gasteiger charge is -2.25. The highest BCUT2D eigenvalue weighted by atomic mass is 16.5. The van der Waals surface area contributed by atoms with Crippen molar-refractivity contribution in [1.82, 2.24) is 0 Å². The van der Waals surface area contributed by atoms with E-state index in [9.17, 15) is 4.79 Å². The van der Waals surface area contributed by atoms with Crippen molar-refractivity contribution in [1.29, 1.82) is 0 Å². The predicted molar refractivity (Wildman–Crippen MR) is 76.3 cm³/mol. The molecule has 0 heterocycles. The van der Waals surface area contributed by atoms with E-state index < -0.39 is 0 Å². The zero-order chi connectivity index (χ0) is 13.8. The van der Waals surface area contributed by atoms with Crippen molar-refractivity contribution >= 4 is 11.6 Å². The molecule has 0 aromatic heterocycles. The Labute approximate surface area is 114 Å². The SMILES string of the molecule is COc1ccc(NC(=O)C2CCCC(N)C2)c(C)c1. The Morgan fingerprint density at radius 1 is 1.42 bits per heavy atom. The minimum absolute atomic E-state index is 0.0465. The van der Waals surface area contributed by atoms with Crippen LogP contribution in [0.3, 0.4) is 0 Å². The maximum atomic E-state index is 12.2. The summed E-state index contributed by atoms with van der Waals surface area (Å²) in [6, 6.07) is 5.83. The molecule has 1 aliphatic rings. The van der Waals surface area contributed by atoms with Crippen LogP contribution < -0.4 is 15.8 Å². The normalized spacial score (nSPS) is 22.9. The quantitative estimate of drug-likeness (QED) is 0.879. The van der Waals surface area contributed by atoms with E-state index in [4.69, 9.17) is 10.5 Å². The maximum absolute atomic E-state index is 12.2. The number of methoxy groups -OCH3 is 1. The second-order valence-corrected chi connectivity index (χ2v) is 5.29. The van der Waals surface area contributed by atoms with Crippen molar-refractivity contribution in [3.63, 3.8) is 0 Å². The third-order valence-electron chi connectivity index (χ3n) is 3.78. The van der Waals surface area contributed by atoms with Crippen LogP contribution in [-0.4, -0.2) is 19.1 Å². The van der Waals surface area contributed by atoms with E-state index >= 15 is 0 Å². The second-order valence-electron chi connectivity index (χ2n) is 5.29. The fraction of sp³-hybridized carbons (Fsp3) is 0.533. The molecule has 0 saturated heterocycles. The molecular formula is C15H22N2O2. The molecule has 2 atom stereocenters. The van der Waals surface area contributed by atoms with Crippen molar-refractivity contribution in [2.45, 2.75) is 38.6 Å². The summed E-state index contributed by atoms with van der Waals surface area (Å²) in [7, 11) is 1.64. The van der Waals surface area contributed by atoms with E-state index in [0.717, 1.165) is 42.7 Å². The number of nitrogens with one attached hydrogen (secondary N) is 1. The Kier molecular flexibility index (Phi) is 4.43. The van der Waals surface area contributed by atoms with Gasteiger partial charge in [-0.05, 0) is 49.9 Å². The minimum Gasteiger partial charge on any atom is -0.497 e. The monoisotopic (exact) mass is 262 g/mol. The summed E-state index contributed by atoms with van der Waals surface area (Å²) in [5.74, 6) is 0.934. The van der Waals surface area contributed by atoms with Gasteiger partial charge in [-0.25, -0.2) is 0 Å². The molecule has 0 spiro atoms. The zero-order valence-electron chi connectivity index (χ0n) is 11.6. The van der Waals surface area contributed by atoms with Crippen LogP contribution in [0.5, 0.6) is 5.75 Å². The summed E-state index contributed by atoms with van der Waals surface area (Å²) >= 11 is 0. The van der Waals surface area contributed by atoms with Gasteiger partial charge in [0, 0.05) is 17.6 Å². The lowest BCUT2D eigenvalue weighted by Crippen LogP contribution is -2.34. The van der Waals surface area contributed by atoms with Crippen LogP contribution >= 0.6 is 0 Å². The molecule has 104 valence electrons. The number of ether oxygens (including phenoxy) is 1. The predicted octanol–water partition coefficient (Wildman–Crippen LogP) is 2.46. The van der Waals surface area contributed by atoms with Crippen LogP contribution in [0.25, 0.3) is 0 Å². The smallest absolute Gasteiger partial charge is 0.227 e. The van der Waals surface area contributed by atoms with Gasteiger partial charge in [0.05, 0.1) is 7.11 Å². The second kappa shape index (κ2) is 6.06. The van der Waals surface area contributed by atoms with E-state index in [2.05, 4.69) is 5.32 Å². The first-order chi connectivity index (χ1) is 9.10. The molecule has 3 N–H and O–H groups in total. The van der Waals surface area contributed by atoms with Gasteiger partial charge in [-0.1, -0.05) is 6.42 Å². The fourth-order valence-corrected chi connectivity index (χ4v) is 2.60. The molecule has 1 saturated carbocycles. The molecule has 1 aliphatic carbocycles. The molecule has 19 heavy (non-hydrogen) atoms. The topological polar surface area (TPSA) is 64.3 Å². The van der Waals surface area contributed by atoms with E-state index in [0.29, 0.717) is 0 Å². The van der Waals surface area contributed by atoms with Crippen molar-refractivity contribution < 1.29 is 9.53 Å². The molecule has 2 unspecified atom stereocenters. The van der Waals surface area contributed by atoms with Gasteiger partial charge in [0.1, 0.15) is 5.75 Å². The van der Waals surface area contributed by atoms with Gasteiger partial charge in [-0.2, -0.15) is 0 Å². The number of rotatable bonds is 3. The minimum atomic E-state index is 0.0465. The highest BCUT2D eigenvalue weighted by Gasteiger charge is 2.25. The van der Waals surface area contributed by atoms with Crippen LogP contribution in [0, 0.1) is 12.8 Å². The highest BCUT2D eigenvalue weighted by Crippen LogP contribution is 2.26. The first-order valence-corrected chi connectivity index (χ1v) is 6.81. The summed E-state index contributed by atoms with van der Waals surface area (Å²) in [5.41, 5.74) is 7.79. The highest BCUT2D eigenvalue weighted by molar-refractivity contribution is 5.93. The first-order valence-electron chi connectivity index (χ1n) is 6.81. The number of anilines is 1. The first kappa shape index (κ1) is 13.9. The van der Waals surface area contributed by atoms with Crippen molar-refractivity contribution in [3.8, 4) is 5.75 Å². The van der Waals surface area contributed by atoms with Gasteiger partial charge >= 0.3 is 0 Å². The Morgan fingerprint density at radius 2 is 2.21 bits per heavy atom. The summed E-state index contributed by atoms with van der Waals surface area (Å²) < 4.78 is 5.16. The molecule has 0 radical (unpaired) electrons. The molecule has 1 amide bonds. The summed E-state index contributed by atoms with van der Waals surface area (Å²) in [6.07, 6.45) is 3.81. The average molecular weight is 262 g/mol. The summed E-state index contributed by atoms with van der Waals surface area (Å²) in [6.45, 7) is 1.96. The van der Waals surface area contributed by atoms with Crippen molar-refractivity contribution in [3.05, 3.63) is 23.8 Å². The largest absolute Gasteiger partial charge is 0.497 e. The molecule has 0 bridgehead atoms. The van der Waals surface area contributed by atoms with E-state index in [-0.39, 0.29) is 17.9 Å².